The van der Waals surface area contributed by atoms with Crippen molar-refractivity contribution >= 4 is 52.7 Å². The number of amides is 2. The van der Waals surface area contributed by atoms with Gasteiger partial charge in [0.25, 0.3) is 11.8 Å². The molecule has 1 aromatic heterocycles. The zero-order valence-electron chi connectivity index (χ0n) is 18.9. The van der Waals surface area contributed by atoms with Gasteiger partial charge in [-0.1, -0.05) is 41.9 Å². The predicted octanol–water partition coefficient (Wildman–Crippen LogP) is 6.32. The number of furan rings is 1. The maximum absolute atomic E-state index is 13.0. The van der Waals surface area contributed by atoms with E-state index in [4.69, 9.17) is 16.0 Å². The molecule has 4 aromatic rings. The normalized spacial score (nSPS) is 11.1. The third-order valence-corrected chi connectivity index (χ3v) is 6.36. The fraction of sp³-hybridized carbons (Fsp3) is 0.0357. The van der Waals surface area contributed by atoms with Gasteiger partial charge in [-0.05, 0) is 60.7 Å². The number of hydrogen-bond donors (Lipinski definition) is 2. The maximum atomic E-state index is 13.0. The van der Waals surface area contributed by atoms with Crippen LogP contribution in [0.4, 0.5) is 5.69 Å². The number of carbonyl (C=O) groups is 3. The van der Waals surface area contributed by atoms with Crippen LogP contribution in [0.25, 0.3) is 6.08 Å². The van der Waals surface area contributed by atoms with Crippen LogP contribution in [0.5, 0.6) is 0 Å². The summed E-state index contributed by atoms with van der Waals surface area (Å²) < 4.78 is 5.31. The number of halogens is 1. The van der Waals surface area contributed by atoms with Gasteiger partial charge >= 0.3 is 0 Å². The van der Waals surface area contributed by atoms with E-state index >= 15 is 0 Å². The van der Waals surface area contributed by atoms with Crippen molar-refractivity contribution in [2.75, 3.05) is 11.1 Å². The Bertz CT molecular complexity index is 1380. The van der Waals surface area contributed by atoms with Crippen LogP contribution in [0.1, 0.15) is 26.5 Å². The monoisotopic (exact) mass is 516 g/mol. The molecule has 180 valence electrons. The van der Waals surface area contributed by atoms with Crippen LogP contribution >= 0.6 is 23.4 Å². The van der Waals surface area contributed by atoms with Gasteiger partial charge in [-0.3, -0.25) is 14.4 Å². The Morgan fingerprint density at radius 2 is 1.58 bits per heavy atom. The fourth-order valence-electron chi connectivity index (χ4n) is 3.20. The lowest BCUT2D eigenvalue weighted by Crippen LogP contribution is -2.30. The predicted molar refractivity (Wildman–Crippen MR) is 142 cm³/mol. The van der Waals surface area contributed by atoms with E-state index < -0.39 is 11.8 Å². The molecule has 0 bridgehead atoms. The fourth-order valence-corrected chi connectivity index (χ4v) is 4.23. The summed E-state index contributed by atoms with van der Waals surface area (Å²) in [6.45, 7) is 0. The number of Topliss-reactive ketones (excluding diaryl/α,β-unsaturated/α-hetero) is 1. The van der Waals surface area contributed by atoms with Crippen molar-refractivity contribution in [2.45, 2.75) is 4.90 Å². The van der Waals surface area contributed by atoms with Crippen LogP contribution in [0.15, 0.2) is 112 Å². The molecule has 6 nitrogen and oxygen atoms in total. The molecule has 4 rings (SSSR count). The highest BCUT2D eigenvalue weighted by Crippen LogP contribution is 2.24. The number of benzene rings is 3. The lowest BCUT2D eigenvalue weighted by atomic mass is 10.1. The Morgan fingerprint density at radius 1 is 0.861 bits per heavy atom. The van der Waals surface area contributed by atoms with Gasteiger partial charge in [0, 0.05) is 27.8 Å². The molecule has 0 saturated carbocycles. The third-order valence-electron chi connectivity index (χ3n) is 5.01. The van der Waals surface area contributed by atoms with E-state index in [2.05, 4.69) is 10.6 Å². The van der Waals surface area contributed by atoms with Gasteiger partial charge in [-0.15, -0.1) is 11.8 Å². The first-order valence-corrected chi connectivity index (χ1v) is 12.3. The topological polar surface area (TPSA) is 88.4 Å². The van der Waals surface area contributed by atoms with E-state index in [0.717, 1.165) is 4.90 Å². The van der Waals surface area contributed by atoms with Crippen molar-refractivity contribution in [2.24, 2.45) is 0 Å². The van der Waals surface area contributed by atoms with E-state index in [0.29, 0.717) is 27.6 Å². The molecule has 0 aliphatic carbocycles. The number of thioether (sulfide) groups is 1. The highest BCUT2D eigenvalue weighted by molar-refractivity contribution is 8.00. The van der Waals surface area contributed by atoms with Crippen LogP contribution in [0, 0.1) is 0 Å². The Hall–Kier alpha value is -4.07. The van der Waals surface area contributed by atoms with Crippen molar-refractivity contribution in [3.8, 4) is 0 Å². The van der Waals surface area contributed by atoms with Crippen LogP contribution in [0.2, 0.25) is 5.02 Å². The van der Waals surface area contributed by atoms with Gasteiger partial charge in [0.05, 0.1) is 17.0 Å². The van der Waals surface area contributed by atoms with E-state index in [9.17, 15) is 14.4 Å². The minimum atomic E-state index is -0.509. The molecular weight excluding hydrogens is 496 g/mol. The SMILES string of the molecule is O=C(Nc1ccc(SCC(=O)c2ccccc2Cl)cc1)/C(=C/c1ccco1)NC(=O)c1ccccc1. The quantitative estimate of drug-likeness (QED) is 0.154. The van der Waals surface area contributed by atoms with Gasteiger partial charge < -0.3 is 15.1 Å². The molecule has 0 radical (unpaired) electrons. The lowest BCUT2D eigenvalue weighted by Gasteiger charge is -2.11. The van der Waals surface area contributed by atoms with Crippen LogP contribution in [-0.4, -0.2) is 23.4 Å². The summed E-state index contributed by atoms with van der Waals surface area (Å²) in [6, 6.07) is 26.0. The summed E-state index contributed by atoms with van der Waals surface area (Å²) in [5, 5.41) is 5.86. The van der Waals surface area contributed by atoms with Crippen molar-refractivity contribution in [1.29, 1.82) is 0 Å². The molecule has 0 saturated heterocycles. The summed E-state index contributed by atoms with van der Waals surface area (Å²) in [5.41, 5.74) is 1.47. The van der Waals surface area contributed by atoms with Crippen molar-refractivity contribution in [3.63, 3.8) is 0 Å². The van der Waals surface area contributed by atoms with Gasteiger partial charge in [0.1, 0.15) is 11.5 Å². The molecule has 0 aliphatic heterocycles. The molecule has 2 N–H and O–H groups in total. The molecule has 1 heterocycles. The second kappa shape index (κ2) is 12.1. The molecular formula is C28H21ClN2O4S. The maximum Gasteiger partial charge on any atom is 0.272 e. The number of hydrogen-bond acceptors (Lipinski definition) is 5. The largest absolute Gasteiger partial charge is 0.465 e. The number of anilines is 1. The highest BCUT2D eigenvalue weighted by atomic mass is 35.5. The van der Waals surface area contributed by atoms with E-state index in [1.165, 1.54) is 24.1 Å². The van der Waals surface area contributed by atoms with Crippen molar-refractivity contribution in [3.05, 3.63) is 125 Å². The summed E-state index contributed by atoms with van der Waals surface area (Å²) in [5.74, 6) is -0.339. The molecule has 0 aliphatic rings. The standard InChI is InChI=1S/C28H21ClN2O4S/c29-24-11-5-4-10-23(24)26(32)18-36-22-14-12-20(13-15-22)30-28(34)25(17-21-9-6-16-35-21)31-27(33)19-7-2-1-3-8-19/h1-17H,18H2,(H,30,34)(H,31,33)/b25-17-. The highest BCUT2D eigenvalue weighted by Gasteiger charge is 2.16. The Morgan fingerprint density at radius 3 is 2.28 bits per heavy atom. The van der Waals surface area contributed by atoms with Gasteiger partial charge in [-0.2, -0.15) is 0 Å². The summed E-state index contributed by atoms with van der Waals surface area (Å²) in [6.07, 6.45) is 2.94. The second-order valence-corrected chi connectivity index (χ2v) is 9.02. The first kappa shape index (κ1) is 25.0. The van der Waals surface area contributed by atoms with Gasteiger partial charge in [0.2, 0.25) is 0 Å². The first-order chi connectivity index (χ1) is 17.5. The minimum Gasteiger partial charge on any atom is -0.465 e. The summed E-state index contributed by atoms with van der Waals surface area (Å²) in [4.78, 5) is 38.9. The molecule has 2 amide bonds. The van der Waals surface area contributed by atoms with Crippen LogP contribution in [-0.2, 0) is 4.79 Å². The second-order valence-electron chi connectivity index (χ2n) is 7.56. The Balaban J connectivity index is 1.41. The molecule has 0 spiro atoms. The number of carbonyl (C=O) groups excluding carboxylic acids is 3. The Kier molecular flexibility index (Phi) is 8.39. The van der Waals surface area contributed by atoms with Crippen molar-refractivity contribution in [1.82, 2.24) is 5.32 Å². The number of nitrogens with one attached hydrogen (secondary N) is 2. The van der Waals surface area contributed by atoms with E-state index in [-0.39, 0.29) is 17.2 Å². The zero-order valence-corrected chi connectivity index (χ0v) is 20.5. The van der Waals surface area contributed by atoms with Crippen LogP contribution in [0.3, 0.4) is 0 Å². The average Bonchev–Trinajstić information content (AvgIpc) is 3.41. The van der Waals surface area contributed by atoms with Gasteiger partial charge in [0.15, 0.2) is 5.78 Å². The minimum absolute atomic E-state index is 0.0302. The first-order valence-electron chi connectivity index (χ1n) is 10.9. The Labute approximate surface area is 217 Å². The molecule has 0 fully saturated rings. The van der Waals surface area contributed by atoms with Crippen molar-refractivity contribution < 1.29 is 18.8 Å². The average molecular weight is 517 g/mol. The van der Waals surface area contributed by atoms with Crippen LogP contribution < -0.4 is 10.6 Å². The number of ketones is 1. The van der Waals surface area contributed by atoms with E-state index in [1.54, 1.807) is 91.0 Å². The molecule has 0 unspecified atom stereocenters. The zero-order chi connectivity index (χ0) is 25.3. The van der Waals surface area contributed by atoms with E-state index in [1.807, 2.05) is 0 Å². The number of rotatable bonds is 9. The molecule has 8 heteroatoms. The molecule has 0 atom stereocenters. The molecule has 3 aromatic carbocycles. The smallest absolute Gasteiger partial charge is 0.272 e. The molecule has 36 heavy (non-hydrogen) atoms. The third kappa shape index (κ3) is 6.75. The lowest BCUT2D eigenvalue weighted by molar-refractivity contribution is -0.113. The van der Waals surface area contributed by atoms with Gasteiger partial charge in [-0.25, -0.2) is 0 Å². The summed E-state index contributed by atoms with van der Waals surface area (Å²) >= 11 is 7.47. The summed E-state index contributed by atoms with van der Waals surface area (Å²) in [7, 11) is 0.